The molecule has 0 fully saturated rings. The fourth-order valence-electron chi connectivity index (χ4n) is 1.97. The maximum absolute atomic E-state index is 12.9. The molecule has 2 aromatic rings. The number of aromatic nitrogens is 2. The van der Waals surface area contributed by atoms with Crippen LogP contribution in [0.25, 0.3) is 11.4 Å². The molecule has 0 aliphatic rings. The maximum atomic E-state index is 12.9. The van der Waals surface area contributed by atoms with Crippen LogP contribution in [0, 0.1) is 0 Å². The molecule has 0 bridgehead atoms. The number of carbonyl (C=O) groups excluding carboxylic acids is 1. The van der Waals surface area contributed by atoms with Gasteiger partial charge < -0.3 is 9.47 Å². The molecule has 27 heavy (non-hydrogen) atoms. The number of nitrogens with zero attached hydrogens (tertiary/aromatic N) is 2. The minimum absolute atomic E-state index is 0.00479. The summed E-state index contributed by atoms with van der Waals surface area (Å²) in [6.45, 7) is 1.30. The van der Waals surface area contributed by atoms with Crippen LogP contribution in [-0.4, -0.2) is 29.2 Å². The van der Waals surface area contributed by atoms with E-state index < -0.39 is 41.6 Å². The van der Waals surface area contributed by atoms with Crippen molar-refractivity contribution in [3.8, 4) is 17.1 Å². The minimum Gasteiger partial charge on any atom is -0.479 e. The zero-order chi connectivity index (χ0) is 20.2. The molecule has 0 spiro atoms. The highest BCUT2D eigenvalue weighted by Crippen LogP contribution is 2.38. The zero-order valence-electron chi connectivity index (χ0n) is 13.7. The molecular weight excluding hydrogens is 382 g/mol. The molecule has 0 saturated heterocycles. The van der Waals surface area contributed by atoms with E-state index in [0.717, 1.165) is 12.4 Å². The Hall–Kier alpha value is -2.85. The van der Waals surface area contributed by atoms with E-state index in [1.807, 2.05) is 0 Å². The summed E-state index contributed by atoms with van der Waals surface area (Å²) in [7, 11) is 0. The van der Waals surface area contributed by atoms with Crippen LogP contribution in [0.2, 0.25) is 0 Å². The normalized spacial score (nSPS) is 12.0. The molecule has 0 unspecified atom stereocenters. The first kappa shape index (κ1) is 20.5. The molecule has 146 valence electrons. The Labute approximate surface area is 148 Å². The van der Waals surface area contributed by atoms with Crippen LogP contribution in [0.3, 0.4) is 0 Å². The molecule has 1 aromatic carbocycles. The number of esters is 1. The van der Waals surface area contributed by atoms with E-state index in [0.29, 0.717) is 12.1 Å². The minimum atomic E-state index is -4.97. The predicted octanol–water partition coefficient (Wildman–Crippen LogP) is 4.12. The highest BCUT2D eigenvalue weighted by Gasteiger charge is 2.37. The molecule has 0 aliphatic carbocycles. The average Bonchev–Trinajstić information content (AvgIpc) is 2.59. The molecule has 0 N–H and O–H groups in total. The first-order valence-corrected chi connectivity index (χ1v) is 7.41. The number of hydrogen-bond acceptors (Lipinski definition) is 5. The molecule has 0 aliphatic heterocycles. The first-order valence-electron chi connectivity index (χ1n) is 7.41. The number of halogens is 6. The molecule has 11 heteroatoms. The van der Waals surface area contributed by atoms with Crippen LogP contribution in [0.5, 0.6) is 5.75 Å². The van der Waals surface area contributed by atoms with Crippen molar-refractivity contribution < 1.29 is 40.6 Å². The van der Waals surface area contributed by atoms with Gasteiger partial charge in [0.1, 0.15) is 0 Å². The monoisotopic (exact) mass is 394 g/mol. The topological polar surface area (TPSA) is 61.3 Å². The number of rotatable bonds is 5. The van der Waals surface area contributed by atoms with Crippen LogP contribution in [0.1, 0.15) is 18.1 Å². The fourth-order valence-corrected chi connectivity index (χ4v) is 1.97. The Morgan fingerprint density at radius 1 is 0.963 bits per heavy atom. The Morgan fingerprint density at radius 3 is 1.93 bits per heavy atom. The largest absolute Gasteiger partial charge is 0.479 e. The number of ether oxygens (including phenoxy) is 2. The van der Waals surface area contributed by atoms with Crippen LogP contribution in [0.15, 0.2) is 30.6 Å². The lowest BCUT2D eigenvalue weighted by molar-refractivity contribution is -0.145. The summed E-state index contributed by atoms with van der Waals surface area (Å²) in [5.74, 6) is -1.03. The van der Waals surface area contributed by atoms with Crippen molar-refractivity contribution in [2.45, 2.75) is 19.3 Å². The van der Waals surface area contributed by atoms with Crippen molar-refractivity contribution in [1.82, 2.24) is 9.97 Å². The van der Waals surface area contributed by atoms with Crippen molar-refractivity contribution in [3.05, 3.63) is 41.7 Å². The summed E-state index contributed by atoms with van der Waals surface area (Å²) >= 11 is 0. The summed E-state index contributed by atoms with van der Waals surface area (Å²) in [6.07, 6.45) is -7.90. The van der Waals surface area contributed by atoms with Gasteiger partial charge in [0, 0.05) is 5.56 Å². The standard InChI is InChI=1S/C16H12F6N2O3/c1-2-26-13(25)8-27-12-6-23-14(24-7-12)9-3-10(15(17,18)19)5-11(4-9)16(20,21)22/h3-7H,2,8H2,1H3. The van der Waals surface area contributed by atoms with Gasteiger partial charge in [-0.2, -0.15) is 26.3 Å². The molecule has 1 aromatic heterocycles. The fraction of sp³-hybridized carbons (Fsp3) is 0.312. The Balaban J connectivity index is 2.30. The van der Waals surface area contributed by atoms with Gasteiger partial charge >= 0.3 is 18.3 Å². The summed E-state index contributed by atoms with van der Waals surface area (Å²) in [4.78, 5) is 18.6. The molecule has 0 atom stereocenters. The van der Waals surface area contributed by atoms with Gasteiger partial charge in [0.25, 0.3) is 0 Å². The van der Waals surface area contributed by atoms with E-state index in [1.54, 1.807) is 6.92 Å². The van der Waals surface area contributed by atoms with Crippen LogP contribution >= 0.6 is 0 Å². The summed E-state index contributed by atoms with van der Waals surface area (Å²) in [5, 5.41) is 0. The number of hydrogen-bond donors (Lipinski definition) is 0. The molecule has 5 nitrogen and oxygen atoms in total. The third kappa shape index (κ3) is 5.56. The molecule has 2 rings (SSSR count). The zero-order valence-corrected chi connectivity index (χ0v) is 13.7. The van der Waals surface area contributed by atoms with Crippen LogP contribution < -0.4 is 4.74 Å². The lowest BCUT2D eigenvalue weighted by atomic mass is 10.0. The SMILES string of the molecule is CCOC(=O)COc1cnc(-c2cc(C(F)(F)F)cc(C(F)(F)F)c2)nc1. The average molecular weight is 394 g/mol. The summed E-state index contributed by atoms with van der Waals surface area (Å²) < 4.78 is 86.9. The van der Waals surface area contributed by atoms with Gasteiger partial charge in [0.15, 0.2) is 18.2 Å². The number of benzene rings is 1. The number of alkyl halides is 6. The Kier molecular flexibility index (Phi) is 5.91. The van der Waals surface area contributed by atoms with Gasteiger partial charge in [-0.1, -0.05) is 0 Å². The highest BCUT2D eigenvalue weighted by atomic mass is 19.4. The lowest BCUT2D eigenvalue weighted by Crippen LogP contribution is -2.14. The Bertz CT molecular complexity index is 771. The van der Waals surface area contributed by atoms with Gasteiger partial charge in [0.05, 0.1) is 30.1 Å². The van der Waals surface area contributed by atoms with Gasteiger partial charge in [-0.3, -0.25) is 0 Å². The second-order valence-electron chi connectivity index (χ2n) is 5.13. The maximum Gasteiger partial charge on any atom is 0.416 e. The smallest absolute Gasteiger partial charge is 0.416 e. The predicted molar refractivity (Wildman–Crippen MR) is 79.6 cm³/mol. The molecule has 0 amide bonds. The highest BCUT2D eigenvalue weighted by molar-refractivity contribution is 5.71. The van der Waals surface area contributed by atoms with Crippen LogP contribution in [-0.2, 0) is 21.9 Å². The van der Waals surface area contributed by atoms with Crippen molar-refractivity contribution in [1.29, 1.82) is 0 Å². The lowest BCUT2D eigenvalue weighted by Gasteiger charge is -2.13. The van der Waals surface area contributed by atoms with E-state index >= 15 is 0 Å². The van der Waals surface area contributed by atoms with E-state index in [-0.39, 0.29) is 24.2 Å². The van der Waals surface area contributed by atoms with Crippen molar-refractivity contribution in [3.63, 3.8) is 0 Å². The van der Waals surface area contributed by atoms with Crippen molar-refractivity contribution in [2.75, 3.05) is 13.2 Å². The van der Waals surface area contributed by atoms with Gasteiger partial charge in [0.2, 0.25) is 0 Å². The van der Waals surface area contributed by atoms with E-state index in [2.05, 4.69) is 14.7 Å². The number of carbonyl (C=O) groups is 1. The molecule has 1 heterocycles. The quantitative estimate of drug-likeness (QED) is 0.564. The molecular formula is C16H12F6N2O3. The van der Waals surface area contributed by atoms with E-state index in [9.17, 15) is 31.1 Å². The molecule has 0 saturated carbocycles. The van der Waals surface area contributed by atoms with E-state index in [4.69, 9.17) is 4.74 Å². The second kappa shape index (κ2) is 7.80. The van der Waals surface area contributed by atoms with Crippen molar-refractivity contribution in [2.24, 2.45) is 0 Å². The molecule has 0 radical (unpaired) electrons. The van der Waals surface area contributed by atoms with Gasteiger partial charge in [-0.25, -0.2) is 14.8 Å². The first-order chi connectivity index (χ1) is 12.5. The van der Waals surface area contributed by atoms with Gasteiger partial charge in [-0.15, -0.1) is 0 Å². The third-order valence-corrected chi connectivity index (χ3v) is 3.14. The third-order valence-electron chi connectivity index (χ3n) is 3.14. The van der Waals surface area contributed by atoms with Crippen LogP contribution in [0.4, 0.5) is 26.3 Å². The summed E-state index contributed by atoms with van der Waals surface area (Å²) in [6, 6.07) is 1.05. The Morgan fingerprint density at radius 2 is 1.48 bits per heavy atom. The second-order valence-corrected chi connectivity index (χ2v) is 5.13. The summed E-state index contributed by atoms with van der Waals surface area (Å²) in [5.41, 5.74) is -3.41. The van der Waals surface area contributed by atoms with Crippen molar-refractivity contribution >= 4 is 5.97 Å². The van der Waals surface area contributed by atoms with E-state index in [1.165, 1.54) is 0 Å². The van der Waals surface area contributed by atoms with Gasteiger partial charge in [-0.05, 0) is 25.1 Å².